The molecule has 0 bridgehead atoms. The summed E-state index contributed by atoms with van der Waals surface area (Å²) >= 11 is 0. The highest BCUT2D eigenvalue weighted by Crippen LogP contribution is 2.48. The number of rotatable bonds is 5. The van der Waals surface area contributed by atoms with Gasteiger partial charge in [0, 0.05) is 35.9 Å². The first-order chi connectivity index (χ1) is 15.7. The Morgan fingerprint density at radius 2 is 1.91 bits per heavy atom. The number of nitrogens with zero attached hydrogens (tertiary/aromatic N) is 1. The zero-order valence-electron chi connectivity index (χ0n) is 19.7. The average molecular weight is 454 g/mol. The first-order valence-electron chi connectivity index (χ1n) is 11.5. The summed E-state index contributed by atoms with van der Waals surface area (Å²) in [5, 5.41) is 0. The van der Waals surface area contributed by atoms with Gasteiger partial charge in [0.2, 0.25) is 0 Å². The van der Waals surface area contributed by atoms with E-state index in [2.05, 4.69) is 13.8 Å². The monoisotopic (exact) mass is 453 g/mol. The van der Waals surface area contributed by atoms with E-state index in [1.54, 1.807) is 24.3 Å². The number of benzene rings is 1. The average Bonchev–Trinajstić information content (AvgIpc) is 3.29. The smallest absolute Gasteiger partial charge is 0.337 e. The molecule has 2 heterocycles. The van der Waals surface area contributed by atoms with E-state index in [9.17, 15) is 14.4 Å². The van der Waals surface area contributed by atoms with Crippen LogP contribution in [0.1, 0.15) is 68.3 Å². The molecular formula is C26H31NO6. The van der Waals surface area contributed by atoms with Gasteiger partial charge in [0.05, 0.1) is 18.8 Å². The third-order valence-electron chi connectivity index (χ3n) is 6.68. The van der Waals surface area contributed by atoms with Crippen LogP contribution in [0.3, 0.4) is 0 Å². The van der Waals surface area contributed by atoms with Crippen molar-refractivity contribution in [3.63, 3.8) is 0 Å². The maximum Gasteiger partial charge on any atom is 0.337 e. The minimum atomic E-state index is -0.709. The second-order valence-corrected chi connectivity index (χ2v) is 9.89. The lowest BCUT2D eigenvalue weighted by atomic mass is 9.67. The number of allylic oxidation sites excluding steroid dienone is 2. The highest BCUT2D eigenvalue weighted by atomic mass is 16.6. The van der Waals surface area contributed by atoms with Gasteiger partial charge < -0.3 is 14.2 Å². The van der Waals surface area contributed by atoms with Crippen molar-refractivity contribution in [1.82, 2.24) is 0 Å². The van der Waals surface area contributed by atoms with Crippen LogP contribution in [-0.4, -0.2) is 49.9 Å². The summed E-state index contributed by atoms with van der Waals surface area (Å²) in [6.45, 7) is 6.82. The second-order valence-electron chi connectivity index (χ2n) is 9.89. The Balaban J connectivity index is 1.71. The molecule has 3 aliphatic rings. The quantitative estimate of drug-likeness (QED) is 0.626. The fourth-order valence-electron chi connectivity index (χ4n) is 5.10. The largest absolute Gasteiger partial charge is 0.465 e. The minimum Gasteiger partial charge on any atom is -0.465 e. The van der Waals surface area contributed by atoms with Gasteiger partial charge in [-0.25, -0.2) is 4.79 Å². The van der Waals surface area contributed by atoms with Crippen LogP contribution < -0.4 is 0 Å². The Hall–Kier alpha value is -2.80. The molecule has 0 radical (unpaired) electrons. The van der Waals surface area contributed by atoms with Crippen LogP contribution in [0.15, 0.2) is 40.5 Å². The third kappa shape index (κ3) is 4.78. The number of hydrogen-bond acceptors (Lipinski definition) is 7. The molecule has 1 saturated heterocycles. The van der Waals surface area contributed by atoms with Crippen LogP contribution in [0.5, 0.6) is 0 Å². The lowest BCUT2D eigenvalue weighted by molar-refractivity contribution is -0.149. The summed E-state index contributed by atoms with van der Waals surface area (Å²) in [5.74, 6) is -2.05. The van der Waals surface area contributed by atoms with E-state index in [-0.39, 0.29) is 23.9 Å². The predicted molar refractivity (Wildman–Crippen MR) is 122 cm³/mol. The molecule has 7 heteroatoms. The Labute approximate surface area is 194 Å². The van der Waals surface area contributed by atoms with Crippen molar-refractivity contribution in [2.24, 2.45) is 16.3 Å². The Bertz CT molecular complexity index is 1010. The van der Waals surface area contributed by atoms with Gasteiger partial charge in [0.15, 0.2) is 5.78 Å². The first kappa shape index (κ1) is 23.4. The standard InChI is InChI=1S/C26H31NO6/c1-15-21(25(30)33-14-18-6-5-11-32-18)22(16-7-9-17(10-8-16)24(29)31-4)23-19(27-15)12-26(2,3)13-20(23)28/h7-10,18,21-22H,5-6,11-14H2,1-4H3/t18-,21?,22-/m0/s1. The van der Waals surface area contributed by atoms with Crippen molar-refractivity contribution in [3.05, 3.63) is 46.7 Å². The molecular weight excluding hydrogens is 422 g/mol. The topological polar surface area (TPSA) is 91.3 Å². The summed E-state index contributed by atoms with van der Waals surface area (Å²) in [6.07, 6.45) is 2.81. The van der Waals surface area contributed by atoms with E-state index in [4.69, 9.17) is 19.2 Å². The highest BCUT2D eigenvalue weighted by Gasteiger charge is 2.46. The Kier molecular flexibility index (Phi) is 6.52. The van der Waals surface area contributed by atoms with Gasteiger partial charge in [0.1, 0.15) is 12.5 Å². The van der Waals surface area contributed by atoms with Gasteiger partial charge in [-0.1, -0.05) is 26.0 Å². The van der Waals surface area contributed by atoms with Crippen molar-refractivity contribution in [2.45, 2.75) is 58.5 Å². The zero-order valence-corrected chi connectivity index (χ0v) is 19.7. The van der Waals surface area contributed by atoms with Crippen LogP contribution in [0.4, 0.5) is 0 Å². The fraction of sp³-hybridized carbons (Fsp3) is 0.538. The number of aliphatic imine (C=N–C) groups is 1. The van der Waals surface area contributed by atoms with Crippen LogP contribution in [0, 0.1) is 11.3 Å². The van der Waals surface area contributed by atoms with Crippen molar-refractivity contribution in [2.75, 3.05) is 20.3 Å². The molecule has 1 aliphatic carbocycles. The summed E-state index contributed by atoms with van der Waals surface area (Å²) in [5.41, 5.74) is 2.97. The molecule has 4 rings (SSSR count). The maximum absolute atomic E-state index is 13.3. The molecule has 176 valence electrons. The SMILES string of the molecule is COC(=O)c1ccc([C@@H]2C3=C(CC(C)(C)CC3=O)N=C(C)C2C(=O)OC[C@@H]2CCCO2)cc1. The number of ether oxygens (including phenoxy) is 3. The number of hydrogen-bond donors (Lipinski definition) is 0. The van der Waals surface area contributed by atoms with E-state index >= 15 is 0 Å². The summed E-state index contributed by atoms with van der Waals surface area (Å²) < 4.78 is 16.1. The number of carbonyl (C=O) groups excluding carboxylic acids is 3. The third-order valence-corrected chi connectivity index (χ3v) is 6.68. The lowest BCUT2D eigenvalue weighted by Crippen LogP contribution is -2.40. The molecule has 0 aromatic heterocycles. The molecule has 1 fully saturated rings. The number of esters is 2. The number of methoxy groups -OCH3 is 1. The predicted octanol–water partition coefficient (Wildman–Crippen LogP) is 4.01. The van der Waals surface area contributed by atoms with Crippen LogP contribution in [-0.2, 0) is 23.8 Å². The molecule has 1 aromatic carbocycles. The molecule has 7 nitrogen and oxygen atoms in total. The van der Waals surface area contributed by atoms with Crippen molar-refractivity contribution < 1.29 is 28.6 Å². The molecule has 0 spiro atoms. The van der Waals surface area contributed by atoms with Crippen molar-refractivity contribution in [3.8, 4) is 0 Å². The molecule has 1 unspecified atom stereocenters. The normalized spacial score (nSPS) is 26.5. The van der Waals surface area contributed by atoms with Gasteiger partial charge in [-0.15, -0.1) is 0 Å². The highest BCUT2D eigenvalue weighted by molar-refractivity contribution is 6.09. The zero-order chi connectivity index (χ0) is 23.8. The van der Waals surface area contributed by atoms with Crippen molar-refractivity contribution in [1.29, 1.82) is 0 Å². The Morgan fingerprint density at radius 3 is 2.55 bits per heavy atom. The van der Waals surface area contributed by atoms with Gasteiger partial charge >= 0.3 is 11.9 Å². The lowest BCUT2D eigenvalue weighted by Gasteiger charge is -2.39. The van der Waals surface area contributed by atoms with Gasteiger partial charge in [-0.3, -0.25) is 14.6 Å². The second kappa shape index (κ2) is 9.21. The summed E-state index contributed by atoms with van der Waals surface area (Å²) in [7, 11) is 1.33. The molecule has 3 atom stereocenters. The van der Waals surface area contributed by atoms with Gasteiger partial charge in [-0.2, -0.15) is 0 Å². The van der Waals surface area contributed by atoms with E-state index in [0.717, 1.165) is 24.1 Å². The summed E-state index contributed by atoms with van der Waals surface area (Å²) in [6, 6.07) is 6.89. The Morgan fingerprint density at radius 1 is 1.18 bits per heavy atom. The van der Waals surface area contributed by atoms with Gasteiger partial charge in [0.25, 0.3) is 0 Å². The molecule has 0 amide bonds. The van der Waals surface area contributed by atoms with E-state index in [1.807, 2.05) is 6.92 Å². The molecule has 0 N–H and O–H groups in total. The molecule has 33 heavy (non-hydrogen) atoms. The van der Waals surface area contributed by atoms with Crippen LogP contribution in [0.25, 0.3) is 0 Å². The summed E-state index contributed by atoms with van der Waals surface area (Å²) in [4.78, 5) is 43.3. The van der Waals surface area contributed by atoms with Crippen LogP contribution >= 0.6 is 0 Å². The molecule has 1 aromatic rings. The fourth-order valence-corrected chi connectivity index (χ4v) is 5.10. The number of ketones is 1. The van der Waals surface area contributed by atoms with Crippen molar-refractivity contribution >= 4 is 23.4 Å². The van der Waals surface area contributed by atoms with E-state index < -0.39 is 23.8 Å². The van der Waals surface area contributed by atoms with E-state index in [1.165, 1.54) is 7.11 Å². The maximum atomic E-state index is 13.3. The number of Topliss-reactive ketones (excluding diaryl/α,β-unsaturated/α-hetero) is 1. The molecule has 2 aliphatic heterocycles. The van der Waals surface area contributed by atoms with Crippen LogP contribution in [0.2, 0.25) is 0 Å². The van der Waals surface area contributed by atoms with E-state index in [0.29, 0.717) is 36.3 Å². The molecule has 0 saturated carbocycles. The van der Waals surface area contributed by atoms with Gasteiger partial charge in [-0.05, 0) is 49.3 Å². The minimum absolute atomic E-state index is 0.0106. The number of carbonyl (C=O) groups is 3. The first-order valence-corrected chi connectivity index (χ1v) is 11.5.